The molecule has 0 spiro atoms. The Morgan fingerprint density at radius 3 is 2.62 bits per heavy atom. The minimum atomic E-state index is -0.795. The number of amidine groups is 1. The topological polar surface area (TPSA) is 59.3 Å². The molecule has 0 fully saturated rings. The van der Waals surface area contributed by atoms with E-state index in [9.17, 15) is 9.18 Å². The summed E-state index contributed by atoms with van der Waals surface area (Å²) in [5.74, 6) is 0.0877. The Labute approximate surface area is 172 Å². The molecule has 0 bridgehead atoms. The minimum absolute atomic E-state index is 0.0666. The van der Waals surface area contributed by atoms with Crippen molar-refractivity contribution in [2.24, 2.45) is 4.99 Å². The predicted octanol–water partition coefficient (Wildman–Crippen LogP) is 3.74. The smallest absolute Gasteiger partial charge is 0.250 e. The summed E-state index contributed by atoms with van der Waals surface area (Å²) in [6.07, 6.45) is 3.23. The zero-order valence-corrected chi connectivity index (χ0v) is 16.8. The van der Waals surface area contributed by atoms with Crippen molar-refractivity contribution in [2.75, 3.05) is 0 Å². The summed E-state index contributed by atoms with van der Waals surface area (Å²) in [4.78, 5) is 20.5. The van der Waals surface area contributed by atoms with Crippen LogP contribution in [0.4, 0.5) is 4.39 Å². The molecule has 1 N–H and O–H groups in total. The van der Waals surface area contributed by atoms with Crippen molar-refractivity contribution in [3.8, 4) is 0 Å². The third-order valence-corrected chi connectivity index (χ3v) is 5.60. The Hall–Kier alpha value is -2.99. The van der Waals surface area contributed by atoms with Crippen LogP contribution < -0.4 is 10.9 Å². The van der Waals surface area contributed by atoms with E-state index in [1.165, 1.54) is 18.3 Å². The highest BCUT2D eigenvalue weighted by atomic mass is 35.5. The number of pyridine rings is 2. The maximum absolute atomic E-state index is 14.0. The van der Waals surface area contributed by atoms with Gasteiger partial charge in [-0.2, -0.15) is 4.39 Å². The first-order valence-electron chi connectivity index (χ1n) is 9.39. The van der Waals surface area contributed by atoms with Crippen molar-refractivity contribution >= 4 is 17.4 Å². The maximum atomic E-state index is 14.0. The summed E-state index contributed by atoms with van der Waals surface area (Å²) in [7, 11) is 0. The van der Waals surface area contributed by atoms with Gasteiger partial charge in [-0.25, -0.2) is 4.98 Å². The predicted molar refractivity (Wildman–Crippen MR) is 112 cm³/mol. The van der Waals surface area contributed by atoms with Crippen molar-refractivity contribution in [1.82, 2.24) is 14.9 Å². The van der Waals surface area contributed by atoms with Gasteiger partial charge in [-0.15, -0.1) is 0 Å². The Morgan fingerprint density at radius 2 is 1.93 bits per heavy atom. The summed E-state index contributed by atoms with van der Waals surface area (Å²) in [6.45, 7) is 4.45. The molecule has 2 atom stereocenters. The number of aryl methyl sites for hydroxylation is 1. The van der Waals surface area contributed by atoms with Crippen LogP contribution in [-0.2, 0) is 12.1 Å². The molecule has 2 aromatic heterocycles. The molecular weight excluding hydrogens is 391 g/mol. The van der Waals surface area contributed by atoms with E-state index in [0.717, 1.165) is 11.1 Å². The van der Waals surface area contributed by atoms with Crippen LogP contribution in [0.25, 0.3) is 0 Å². The van der Waals surface area contributed by atoms with E-state index in [1.807, 2.05) is 26.0 Å². The van der Waals surface area contributed by atoms with E-state index >= 15 is 0 Å². The Balaban J connectivity index is 1.85. The second kappa shape index (κ2) is 7.44. The van der Waals surface area contributed by atoms with Crippen LogP contribution >= 0.6 is 11.6 Å². The van der Waals surface area contributed by atoms with E-state index in [4.69, 9.17) is 16.6 Å². The van der Waals surface area contributed by atoms with Crippen molar-refractivity contribution in [2.45, 2.75) is 32.0 Å². The molecule has 5 nitrogen and oxygen atoms in total. The lowest BCUT2D eigenvalue weighted by molar-refractivity contribution is 0.430. The molecule has 1 aliphatic heterocycles. The van der Waals surface area contributed by atoms with Gasteiger partial charge in [-0.3, -0.25) is 9.79 Å². The Kier molecular flexibility index (Phi) is 4.96. The number of halogens is 2. The zero-order valence-electron chi connectivity index (χ0n) is 16.1. The standard InChI is InChI=1S/C22H20ClFN4O/c1-3-28-13-15(4-9-20(28)29)21-26-14(2)22(27-21,16-5-7-18(23)8-6-16)17-10-11-25-19(24)12-17/h4-14H,3H2,1-2H3,(H,26,27). The summed E-state index contributed by atoms with van der Waals surface area (Å²) >= 11 is 6.09. The van der Waals surface area contributed by atoms with Gasteiger partial charge in [0.15, 0.2) is 0 Å². The fourth-order valence-corrected chi connectivity index (χ4v) is 3.96. The first-order valence-corrected chi connectivity index (χ1v) is 9.76. The highest BCUT2D eigenvalue weighted by Crippen LogP contribution is 2.39. The van der Waals surface area contributed by atoms with Crippen LogP contribution in [0.15, 0.2) is 70.7 Å². The number of aliphatic imine (C=N–C) groups is 1. The molecule has 0 saturated heterocycles. The SMILES string of the molecule is CCn1cc(C2=NC(C)C(c3ccc(Cl)cc3)(c3ccnc(F)c3)N2)ccc1=O. The number of hydrogen-bond acceptors (Lipinski definition) is 4. The van der Waals surface area contributed by atoms with Gasteiger partial charge >= 0.3 is 0 Å². The van der Waals surface area contributed by atoms with Crippen molar-refractivity contribution in [1.29, 1.82) is 0 Å². The molecule has 1 aromatic carbocycles. The Morgan fingerprint density at radius 1 is 1.17 bits per heavy atom. The molecule has 29 heavy (non-hydrogen) atoms. The molecule has 4 rings (SSSR count). The highest BCUT2D eigenvalue weighted by molar-refractivity contribution is 6.30. The van der Waals surface area contributed by atoms with E-state index < -0.39 is 11.5 Å². The zero-order chi connectivity index (χ0) is 20.6. The molecule has 3 heterocycles. The van der Waals surface area contributed by atoms with E-state index in [0.29, 0.717) is 23.0 Å². The summed E-state index contributed by atoms with van der Waals surface area (Å²) in [5, 5.41) is 4.13. The number of benzene rings is 1. The lowest BCUT2D eigenvalue weighted by atomic mass is 9.78. The van der Waals surface area contributed by atoms with E-state index in [1.54, 1.807) is 35.0 Å². The lowest BCUT2D eigenvalue weighted by Crippen LogP contribution is -2.48. The van der Waals surface area contributed by atoms with Gasteiger partial charge in [0, 0.05) is 35.6 Å². The molecule has 0 aliphatic carbocycles. The van der Waals surface area contributed by atoms with Gasteiger partial charge in [0.05, 0.1) is 6.04 Å². The molecule has 0 saturated carbocycles. The monoisotopic (exact) mass is 410 g/mol. The van der Waals surface area contributed by atoms with E-state index in [2.05, 4.69) is 10.3 Å². The van der Waals surface area contributed by atoms with Crippen LogP contribution in [-0.4, -0.2) is 21.4 Å². The maximum Gasteiger partial charge on any atom is 0.250 e. The largest absolute Gasteiger partial charge is 0.354 e. The first kappa shape index (κ1) is 19.3. The highest BCUT2D eigenvalue weighted by Gasteiger charge is 2.45. The summed E-state index contributed by atoms with van der Waals surface area (Å²) in [6, 6.07) is 13.7. The fourth-order valence-electron chi connectivity index (χ4n) is 3.83. The lowest BCUT2D eigenvalue weighted by Gasteiger charge is -2.35. The molecule has 7 heteroatoms. The summed E-state index contributed by atoms with van der Waals surface area (Å²) in [5.41, 5.74) is 1.55. The van der Waals surface area contributed by atoms with Crippen molar-refractivity contribution < 1.29 is 4.39 Å². The molecule has 0 radical (unpaired) electrons. The van der Waals surface area contributed by atoms with Crippen LogP contribution in [0, 0.1) is 5.95 Å². The minimum Gasteiger partial charge on any atom is -0.354 e. The summed E-state index contributed by atoms with van der Waals surface area (Å²) < 4.78 is 15.6. The average Bonchev–Trinajstić information content (AvgIpc) is 3.07. The Bertz CT molecular complexity index is 1140. The normalized spacial score (nSPS) is 21.0. The number of aromatic nitrogens is 2. The van der Waals surface area contributed by atoms with Crippen molar-refractivity contribution in [3.63, 3.8) is 0 Å². The first-order chi connectivity index (χ1) is 13.9. The van der Waals surface area contributed by atoms with Gasteiger partial charge in [-0.05, 0) is 55.3 Å². The second-order valence-electron chi connectivity index (χ2n) is 7.00. The van der Waals surface area contributed by atoms with Gasteiger partial charge in [0.1, 0.15) is 11.4 Å². The molecule has 148 valence electrons. The molecular formula is C22H20ClFN4O. The van der Waals surface area contributed by atoms with Gasteiger partial charge in [0.2, 0.25) is 5.95 Å². The molecule has 1 aliphatic rings. The number of hydrogen-bond donors (Lipinski definition) is 1. The van der Waals surface area contributed by atoms with Crippen LogP contribution in [0.3, 0.4) is 0 Å². The van der Waals surface area contributed by atoms with Gasteiger partial charge < -0.3 is 9.88 Å². The van der Waals surface area contributed by atoms with Crippen molar-refractivity contribution in [3.05, 3.63) is 98.9 Å². The average molecular weight is 411 g/mol. The third-order valence-electron chi connectivity index (χ3n) is 5.34. The molecule has 3 aromatic rings. The van der Waals surface area contributed by atoms with Crippen LogP contribution in [0.2, 0.25) is 5.02 Å². The number of nitrogens with zero attached hydrogens (tertiary/aromatic N) is 3. The van der Waals surface area contributed by atoms with Gasteiger partial charge in [0.25, 0.3) is 5.56 Å². The fraction of sp³-hybridized carbons (Fsp3) is 0.227. The number of rotatable bonds is 4. The quantitative estimate of drug-likeness (QED) is 0.666. The van der Waals surface area contributed by atoms with Crippen LogP contribution in [0.5, 0.6) is 0 Å². The van der Waals surface area contributed by atoms with Gasteiger partial charge in [-0.1, -0.05) is 23.7 Å². The second-order valence-corrected chi connectivity index (χ2v) is 7.44. The molecule has 0 amide bonds. The number of nitrogens with one attached hydrogen (secondary N) is 1. The third kappa shape index (κ3) is 3.34. The van der Waals surface area contributed by atoms with Crippen LogP contribution in [0.1, 0.15) is 30.5 Å². The van der Waals surface area contributed by atoms with E-state index in [-0.39, 0.29) is 11.6 Å². The molecule has 2 unspecified atom stereocenters.